The predicted molar refractivity (Wildman–Crippen MR) is 80.3 cm³/mol. The minimum Gasteiger partial charge on any atom is -0.481 e. The molecule has 2 unspecified atom stereocenters. The summed E-state index contributed by atoms with van der Waals surface area (Å²) in [5.41, 5.74) is 0.565. The monoisotopic (exact) mass is 358 g/mol. The Hall–Kier alpha value is -2.58. The summed E-state index contributed by atoms with van der Waals surface area (Å²) in [6.07, 6.45) is -5.23. The summed E-state index contributed by atoms with van der Waals surface area (Å²) in [6.45, 7) is -1.73. The van der Waals surface area contributed by atoms with Gasteiger partial charge >= 0.3 is 12.1 Å². The third kappa shape index (κ3) is 5.47. The molecule has 2 atom stereocenters. The number of nitrogens with one attached hydrogen (secondary N) is 1. The van der Waals surface area contributed by atoms with Crippen molar-refractivity contribution < 1.29 is 32.7 Å². The minimum atomic E-state index is -4.53. The lowest BCUT2D eigenvalue weighted by Crippen LogP contribution is -2.38. The predicted octanol–water partition coefficient (Wildman–Crippen LogP) is 1.73. The fraction of sp³-hybridized carbons (Fsp3) is 0.438. The summed E-state index contributed by atoms with van der Waals surface area (Å²) in [4.78, 5) is 35.6. The minimum absolute atomic E-state index is 0.323. The molecular weight excluding hydrogens is 341 g/mol. The molecule has 1 aliphatic rings. The van der Waals surface area contributed by atoms with Crippen LogP contribution < -0.4 is 5.32 Å². The lowest BCUT2D eigenvalue weighted by Gasteiger charge is -2.21. The Kier molecular flexibility index (Phi) is 5.66. The molecule has 6 nitrogen and oxygen atoms in total. The maximum atomic E-state index is 12.4. The van der Waals surface area contributed by atoms with E-state index in [1.807, 2.05) is 0 Å². The van der Waals surface area contributed by atoms with Crippen LogP contribution in [0, 0.1) is 5.92 Å². The molecule has 2 N–H and O–H groups in total. The fourth-order valence-electron chi connectivity index (χ4n) is 2.72. The van der Waals surface area contributed by atoms with Gasteiger partial charge in [0.05, 0.1) is 18.4 Å². The number of carbonyl (C=O) groups excluding carboxylic acids is 2. The number of hydrogen-bond donors (Lipinski definition) is 2. The van der Waals surface area contributed by atoms with Gasteiger partial charge in [0.1, 0.15) is 6.54 Å². The van der Waals surface area contributed by atoms with Crippen LogP contribution in [0.3, 0.4) is 0 Å². The third-order valence-corrected chi connectivity index (χ3v) is 3.85. The molecule has 1 aromatic carbocycles. The maximum Gasteiger partial charge on any atom is 0.406 e. The van der Waals surface area contributed by atoms with Crippen LogP contribution in [-0.2, 0) is 14.4 Å². The van der Waals surface area contributed by atoms with Crippen LogP contribution in [0.4, 0.5) is 13.2 Å². The second-order valence-corrected chi connectivity index (χ2v) is 5.86. The molecule has 2 rings (SSSR count). The van der Waals surface area contributed by atoms with E-state index in [-0.39, 0.29) is 19.4 Å². The van der Waals surface area contributed by atoms with Crippen molar-refractivity contribution in [2.24, 2.45) is 5.92 Å². The smallest absolute Gasteiger partial charge is 0.406 e. The van der Waals surface area contributed by atoms with Crippen molar-refractivity contribution in [2.75, 3.05) is 13.1 Å². The number of hydrogen-bond acceptors (Lipinski definition) is 3. The first-order valence-electron chi connectivity index (χ1n) is 7.57. The van der Waals surface area contributed by atoms with Gasteiger partial charge in [-0.25, -0.2) is 0 Å². The summed E-state index contributed by atoms with van der Waals surface area (Å²) in [5.74, 6) is -3.44. The van der Waals surface area contributed by atoms with E-state index in [0.717, 1.165) is 0 Å². The average molecular weight is 358 g/mol. The van der Waals surface area contributed by atoms with E-state index in [9.17, 15) is 27.6 Å². The Morgan fingerprint density at radius 2 is 1.92 bits per heavy atom. The number of carboxylic acid groups (broad SMARTS) is 1. The SMILES string of the molecule is O=C(O)CC(NC(=O)C1CC(=O)N(CC(F)(F)F)C1)c1ccccc1. The van der Waals surface area contributed by atoms with Crippen molar-refractivity contribution in [2.45, 2.75) is 25.1 Å². The standard InChI is InChI=1S/C16H17F3N2O4/c17-16(18,19)9-21-8-11(6-13(21)22)15(25)20-12(7-14(23)24)10-4-2-1-3-5-10/h1-5,11-12H,6-9H2,(H,20,25)(H,23,24). The number of likely N-dealkylation sites (tertiary alicyclic amines) is 1. The van der Waals surface area contributed by atoms with Gasteiger partial charge in [0.15, 0.2) is 0 Å². The first-order valence-corrected chi connectivity index (χ1v) is 7.57. The molecule has 0 spiro atoms. The largest absolute Gasteiger partial charge is 0.481 e. The molecule has 1 fully saturated rings. The Morgan fingerprint density at radius 3 is 2.48 bits per heavy atom. The van der Waals surface area contributed by atoms with E-state index < -0.39 is 42.5 Å². The molecular formula is C16H17F3N2O4. The van der Waals surface area contributed by atoms with Crippen LogP contribution in [-0.4, -0.2) is 47.1 Å². The van der Waals surface area contributed by atoms with Crippen LogP contribution in [0.15, 0.2) is 30.3 Å². The van der Waals surface area contributed by atoms with E-state index in [2.05, 4.69) is 5.32 Å². The van der Waals surface area contributed by atoms with Crippen molar-refractivity contribution in [3.8, 4) is 0 Å². The number of rotatable bonds is 6. The van der Waals surface area contributed by atoms with Gasteiger partial charge < -0.3 is 15.3 Å². The van der Waals surface area contributed by atoms with Gasteiger partial charge in [-0.2, -0.15) is 13.2 Å². The van der Waals surface area contributed by atoms with Crippen molar-refractivity contribution >= 4 is 17.8 Å². The number of nitrogens with zero attached hydrogens (tertiary/aromatic N) is 1. The third-order valence-electron chi connectivity index (χ3n) is 3.85. The highest BCUT2D eigenvalue weighted by atomic mass is 19.4. The molecule has 9 heteroatoms. The molecule has 0 aromatic heterocycles. The first kappa shape index (κ1) is 18.8. The quantitative estimate of drug-likeness (QED) is 0.811. The van der Waals surface area contributed by atoms with Crippen molar-refractivity contribution in [1.82, 2.24) is 10.2 Å². The van der Waals surface area contributed by atoms with Gasteiger partial charge in [-0.15, -0.1) is 0 Å². The van der Waals surface area contributed by atoms with E-state index in [0.29, 0.717) is 10.5 Å². The lowest BCUT2D eigenvalue weighted by atomic mass is 10.0. The molecule has 1 aliphatic heterocycles. The molecule has 0 bridgehead atoms. The molecule has 1 aromatic rings. The van der Waals surface area contributed by atoms with E-state index in [4.69, 9.17) is 5.11 Å². The van der Waals surface area contributed by atoms with Crippen molar-refractivity contribution in [3.05, 3.63) is 35.9 Å². The Balaban J connectivity index is 2.04. The van der Waals surface area contributed by atoms with Gasteiger partial charge in [0.2, 0.25) is 11.8 Å². The number of amides is 2. The normalized spacial score (nSPS) is 18.9. The van der Waals surface area contributed by atoms with E-state index in [1.165, 1.54) is 0 Å². The second kappa shape index (κ2) is 7.54. The number of alkyl halides is 3. The van der Waals surface area contributed by atoms with Crippen LogP contribution in [0.25, 0.3) is 0 Å². The first-order chi connectivity index (χ1) is 11.7. The average Bonchev–Trinajstić information content (AvgIpc) is 2.86. The Bertz CT molecular complexity index is 649. The zero-order chi connectivity index (χ0) is 18.6. The molecule has 0 aliphatic carbocycles. The summed E-state index contributed by atoms with van der Waals surface area (Å²) in [6, 6.07) is 7.56. The second-order valence-electron chi connectivity index (χ2n) is 5.86. The molecule has 0 radical (unpaired) electrons. The molecule has 25 heavy (non-hydrogen) atoms. The van der Waals surface area contributed by atoms with Gasteiger partial charge in [-0.05, 0) is 5.56 Å². The lowest BCUT2D eigenvalue weighted by molar-refractivity contribution is -0.157. The highest BCUT2D eigenvalue weighted by Crippen LogP contribution is 2.25. The van der Waals surface area contributed by atoms with Crippen LogP contribution in [0.5, 0.6) is 0 Å². The number of carbonyl (C=O) groups is 3. The molecule has 0 saturated carbocycles. The maximum absolute atomic E-state index is 12.4. The number of benzene rings is 1. The Labute approximate surface area is 141 Å². The van der Waals surface area contributed by atoms with Crippen LogP contribution >= 0.6 is 0 Å². The number of carboxylic acids is 1. The fourth-order valence-corrected chi connectivity index (χ4v) is 2.72. The van der Waals surface area contributed by atoms with Gasteiger partial charge in [0.25, 0.3) is 0 Å². The Morgan fingerprint density at radius 1 is 1.28 bits per heavy atom. The van der Waals surface area contributed by atoms with Crippen LogP contribution in [0.1, 0.15) is 24.4 Å². The summed E-state index contributed by atoms with van der Waals surface area (Å²) < 4.78 is 37.3. The number of halogens is 3. The van der Waals surface area contributed by atoms with Gasteiger partial charge in [-0.1, -0.05) is 30.3 Å². The van der Waals surface area contributed by atoms with E-state index in [1.54, 1.807) is 30.3 Å². The number of aliphatic carboxylic acids is 1. The highest BCUT2D eigenvalue weighted by molar-refractivity contribution is 5.89. The molecule has 136 valence electrons. The van der Waals surface area contributed by atoms with Gasteiger partial charge in [-0.3, -0.25) is 14.4 Å². The summed E-state index contributed by atoms with van der Waals surface area (Å²) in [5, 5.41) is 11.5. The molecule has 1 heterocycles. The van der Waals surface area contributed by atoms with Gasteiger partial charge in [0, 0.05) is 13.0 Å². The highest BCUT2D eigenvalue weighted by Gasteiger charge is 2.41. The van der Waals surface area contributed by atoms with Crippen LogP contribution in [0.2, 0.25) is 0 Å². The van der Waals surface area contributed by atoms with E-state index >= 15 is 0 Å². The summed E-state index contributed by atoms with van der Waals surface area (Å²) >= 11 is 0. The zero-order valence-corrected chi connectivity index (χ0v) is 13.1. The topological polar surface area (TPSA) is 86.7 Å². The summed E-state index contributed by atoms with van der Waals surface area (Å²) in [7, 11) is 0. The molecule has 2 amide bonds. The van der Waals surface area contributed by atoms with Crippen molar-refractivity contribution in [3.63, 3.8) is 0 Å². The molecule has 1 saturated heterocycles. The zero-order valence-electron chi connectivity index (χ0n) is 13.1. The van der Waals surface area contributed by atoms with Crippen molar-refractivity contribution in [1.29, 1.82) is 0 Å².